The van der Waals surface area contributed by atoms with Crippen LogP contribution in [0.1, 0.15) is 36.1 Å². The molecule has 30 heavy (non-hydrogen) atoms. The van der Waals surface area contributed by atoms with Crippen molar-refractivity contribution >= 4 is 29.6 Å². The van der Waals surface area contributed by atoms with E-state index in [0.29, 0.717) is 51.4 Å². The quantitative estimate of drug-likeness (QED) is 0.496. The van der Waals surface area contributed by atoms with Gasteiger partial charge < -0.3 is 31.9 Å². The number of nitrogens with zero attached hydrogens (tertiary/aromatic N) is 1. The minimum atomic E-state index is -0.533. The molecule has 1 unspecified atom stereocenters. The maximum Gasteiger partial charge on any atom is 0.166 e. The van der Waals surface area contributed by atoms with Crippen molar-refractivity contribution in [1.29, 1.82) is 10.8 Å². The van der Waals surface area contributed by atoms with Crippen LogP contribution >= 0.6 is 0 Å². The van der Waals surface area contributed by atoms with E-state index in [9.17, 15) is 4.39 Å². The van der Waals surface area contributed by atoms with E-state index in [4.69, 9.17) is 21.3 Å². The Morgan fingerprint density at radius 2 is 1.80 bits per heavy atom. The highest BCUT2D eigenvalue weighted by molar-refractivity contribution is 5.96. The summed E-state index contributed by atoms with van der Waals surface area (Å²) in [7, 11) is 3.51. The third kappa shape index (κ3) is 3.89. The number of nitrogens with one attached hydrogen (secondary N) is 4. The smallest absolute Gasteiger partial charge is 0.166 e. The number of pyridine rings is 1. The number of fused-ring (bicyclic) bond motifs is 3. The van der Waals surface area contributed by atoms with Crippen molar-refractivity contribution in [2.75, 3.05) is 19.8 Å². The highest BCUT2D eigenvalue weighted by atomic mass is 19.1. The Kier molecular flexibility index (Phi) is 6.15. The fourth-order valence-electron chi connectivity index (χ4n) is 3.62. The van der Waals surface area contributed by atoms with Gasteiger partial charge in [0.1, 0.15) is 11.9 Å². The molecule has 1 aliphatic rings. The molecule has 0 aliphatic carbocycles. The topological polar surface area (TPSA) is 120 Å². The minimum absolute atomic E-state index is 0.219. The van der Waals surface area contributed by atoms with E-state index in [2.05, 4.69) is 15.6 Å². The van der Waals surface area contributed by atoms with Crippen molar-refractivity contribution in [3.8, 4) is 5.75 Å². The average molecular weight is 408 g/mol. The maximum atomic E-state index is 14.1. The van der Waals surface area contributed by atoms with Crippen molar-refractivity contribution in [2.24, 2.45) is 0 Å². The first-order chi connectivity index (χ1) is 14.4. The van der Waals surface area contributed by atoms with Gasteiger partial charge in [0.05, 0.1) is 0 Å². The zero-order chi connectivity index (χ0) is 21.8. The lowest BCUT2D eigenvalue weighted by Crippen LogP contribution is -2.17. The van der Waals surface area contributed by atoms with Crippen molar-refractivity contribution in [3.63, 3.8) is 0 Å². The molecule has 1 aromatic carbocycles. The van der Waals surface area contributed by atoms with Gasteiger partial charge in [0, 0.05) is 67.2 Å². The minimum Gasteiger partial charge on any atom is -0.482 e. The number of nitrogens with two attached hydrogens (primary N) is 1. The Hall–Kier alpha value is -3.68. The molecule has 0 saturated carbocycles. The summed E-state index contributed by atoms with van der Waals surface area (Å²) in [5, 5.41) is 22.2. The van der Waals surface area contributed by atoms with Crippen LogP contribution in [0, 0.1) is 16.6 Å². The van der Waals surface area contributed by atoms with Gasteiger partial charge >= 0.3 is 0 Å². The molecule has 8 heteroatoms. The number of benzene rings is 1. The first-order valence-corrected chi connectivity index (χ1v) is 9.48. The fraction of sp³-hybridized carbons (Fsp3) is 0.227. The third-order valence-corrected chi connectivity index (χ3v) is 5.07. The summed E-state index contributed by atoms with van der Waals surface area (Å²) in [6, 6.07) is 6.21. The first kappa shape index (κ1) is 21.0. The monoisotopic (exact) mass is 408 g/mol. The highest BCUT2D eigenvalue weighted by Gasteiger charge is 2.22. The largest absolute Gasteiger partial charge is 0.482 e. The molecular formula is C22H25FN6O. The van der Waals surface area contributed by atoms with Crippen LogP contribution < -0.4 is 21.1 Å². The molecule has 1 aliphatic heterocycles. The van der Waals surface area contributed by atoms with E-state index < -0.39 is 6.10 Å². The zero-order valence-electron chi connectivity index (χ0n) is 17.1. The molecule has 0 saturated heterocycles. The van der Waals surface area contributed by atoms with Gasteiger partial charge in [-0.3, -0.25) is 0 Å². The molecule has 2 heterocycles. The Labute approximate surface area is 174 Å². The molecule has 1 aromatic heterocycles. The molecule has 7 nitrogen and oxygen atoms in total. The summed E-state index contributed by atoms with van der Waals surface area (Å²) in [4.78, 5) is 4.23. The average Bonchev–Trinajstić information content (AvgIpc) is 2.74. The van der Waals surface area contributed by atoms with Crippen LogP contribution in [0.3, 0.4) is 0 Å². The Bertz CT molecular complexity index is 1060. The number of halogens is 1. The lowest BCUT2D eigenvalue weighted by molar-refractivity contribution is 0.226. The fourth-order valence-corrected chi connectivity index (χ4v) is 3.62. The summed E-state index contributed by atoms with van der Waals surface area (Å²) in [5.74, 6) is 0.202. The molecule has 0 fully saturated rings. The van der Waals surface area contributed by atoms with Crippen LogP contribution in [0.5, 0.6) is 5.75 Å². The summed E-state index contributed by atoms with van der Waals surface area (Å²) in [5.41, 5.74) is 10.7. The summed E-state index contributed by atoms with van der Waals surface area (Å²) in [6.45, 7) is 1.81. The second-order valence-corrected chi connectivity index (χ2v) is 6.86. The molecule has 2 aromatic rings. The lowest BCUT2D eigenvalue weighted by Gasteiger charge is -2.24. The predicted molar refractivity (Wildman–Crippen MR) is 118 cm³/mol. The molecule has 0 spiro atoms. The highest BCUT2D eigenvalue weighted by Crippen LogP contribution is 2.34. The molecular weight excluding hydrogens is 383 g/mol. The van der Waals surface area contributed by atoms with Crippen LogP contribution in [0.15, 0.2) is 41.6 Å². The number of aromatic nitrogens is 1. The maximum absolute atomic E-state index is 14.1. The number of hydrogen-bond acceptors (Lipinski definition) is 7. The molecule has 6 N–H and O–H groups in total. The number of anilines is 1. The lowest BCUT2D eigenvalue weighted by atomic mass is 9.93. The standard InChI is InChI=1S/C22H25FN6O/c1-12-18-8-16(23)4-5-17(18)21(28-3)14(10-25)6-13(9-24)20(27-2)15-7-19(30-12)22(26)29-11-15/h4-5,7-12,24-25,27-28H,6H2,1-3H3,(H2,26,29)/b20-13-,21-14-,24-9?,25-10?. The van der Waals surface area contributed by atoms with Gasteiger partial charge in [0.25, 0.3) is 0 Å². The SMILES string of the molecule is CN/C1=C(\C=N)C/C(C=N)=C(/NC)c2ccc(F)cc2C(C)Oc2cc1cnc2N. The van der Waals surface area contributed by atoms with Crippen molar-refractivity contribution in [2.45, 2.75) is 19.4 Å². The summed E-state index contributed by atoms with van der Waals surface area (Å²) >= 11 is 0. The molecule has 0 amide bonds. The number of ether oxygens (including phenoxy) is 1. The molecule has 3 rings (SSSR count). The van der Waals surface area contributed by atoms with E-state index in [1.54, 1.807) is 32.4 Å². The number of rotatable bonds is 4. The van der Waals surface area contributed by atoms with Gasteiger partial charge in [0.15, 0.2) is 11.6 Å². The second kappa shape index (κ2) is 8.77. The van der Waals surface area contributed by atoms with Crippen molar-refractivity contribution < 1.29 is 9.13 Å². The molecule has 1 atom stereocenters. The van der Waals surface area contributed by atoms with Crippen molar-refractivity contribution in [1.82, 2.24) is 15.6 Å². The van der Waals surface area contributed by atoms with Gasteiger partial charge in [-0.15, -0.1) is 0 Å². The van der Waals surface area contributed by atoms with E-state index in [1.165, 1.54) is 24.6 Å². The van der Waals surface area contributed by atoms with Crippen molar-refractivity contribution in [3.05, 3.63) is 64.1 Å². The Balaban J connectivity index is 2.38. The van der Waals surface area contributed by atoms with E-state index in [1.807, 2.05) is 6.92 Å². The van der Waals surface area contributed by atoms with Crippen LogP contribution in [-0.4, -0.2) is 31.5 Å². The Morgan fingerprint density at radius 3 is 2.43 bits per heavy atom. The van der Waals surface area contributed by atoms with E-state index >= 15 is 0 Å². The normalized spacial score (nSPS) is 21.4. The van der Waals surface area contributed by atoms with Crippen LogP contribution in [-0.2, 0) is 0 Å². The van der Waals surface area contributed by atoms with E-state index in [-0.39, 0.29) is 11.6 Å². The predicted octanol–water partition coefficient (Wildman–Crippen LogP) is 3.51. The number of hydrogen-bond donors (Lipinski definition) is 5. The van der Waals surface area contributed by atoms with Crippen LogP contribution in [0.2, 0.25) is 0 Å². The first-order valence-electron chi connectivity index (χ1n) is 9.48. The van der Waals surface area contributed by atoms with Gasteiger partial charge in [-0.2, -0.15) is 0 Å². The molecule has 156 valence electrons. The number of nitrogen functional groups attached to an aromatic ring is 1. The zero-order valence-corrected chi connectivity index (χ0v) is 17.1. The summed E-state index contributed by atoms with van der Waals surface area (Å²) in [6.07, 6.45) is 3.88. The Morgan fingerprint density at radius 1 is 1.13 bits per heavy atom. The number of allylic oxidation sites excluding steroid dienone is 2. The van der Waals surface area contributed by atoms with E-state index in [0.717, 1.165) is 0 Å². The second-order valence-electron chi connectivity index (χ2n) is 6.86. The molecule has 0 radical (unpaired) electrons. The van der Waals surface area contributed by atoms with Crippen LogP contribution in [0.25, 0.3) is 11.4 Å². The van der Waals surface area contributed by atoms with Gasteiger partial charge in [0.2, 0.25) is 0 Å². The summed E-state index contributed by atoms with van der Waals surface area (Å²) < 4.78 is 20.2. The van der Waals surface area contributed by atoms with Crippen LogP contribution in [0.4, 0.5) is 10.2 Å². The van der Waals surface area contributed by atoms with Gasteiger partial charge in [-0.1, -0.05) is 0 Å². The molecule has 2 bridgehead atoms. The van der Waals surface area contributed by atoms with Gasteiger partial charge in [-0.25, -0.2) is 9.37 Å². The van der Waals surface area contributed by atoms with Gasteiger partial charge in [-0.05, 0) is 42.3 Å². The third-order valence-electron chi connectivity index (χ3n) is 5.07.